The van der Waals surface area contributed by atoms with Gasteiger partial charge in [0.2, 0.25) is 5.91 Å². The van der Waals surface area contributed by atoms with E-state index in [4.69, 9.17) is 11.5 Å². The number of hydrogen-bond donors (Lipinski definition) is 2. The van der Waals surface area contributed by atoms with Crippen LogP contribution in [0.4, 0.5) is 17.3 Å². The maximum absolute atomic E-state index is 10.9. The van der Waals surface area contributed by atoms with Crippen LogP contribution in [0.1, 0.15) is 32.1 Å². The molecular formula is C23H27N5O. The lowest BCUT2D eigenvalue weighted by atomic mass is 10.1. The van der Waals surface area contributed by atoms with Gasteiger partial charge in [-0.3, -0.25) is 4.79 Å². The lowest BCUT2D eigenvalue weighted by Gasteiger charge is -2.23. The van der Waals surface area contributed by atoms with Crippen molar-refractivity contribution in [3.8, 4) is 11.1 Å². The molecule has 1 amide bonds. The Labute approximate surface area is 171 Å². The molecule has 3 aromatic rings. The second kappa shape index (κ2) is 10.2. The molecule has 0 saturated heterocycles. The monoisotopic (exact) mass is 389 g/mol. The molecule has 0 radical (unpaired) electrons. The van der Waals surface area contributed by atoms with Gasteiger partial charge in [0.05, 0.1) is 0 Å². The fourth-order valence-corrected chi connectivity index (χ4v) is 3.20. The SMILES string of the molecule is NC(=O)CCCCCCN(c1ccccn1)c1cc(-c2ccc(N)cc2)ccn1. The summed E-state index contributed by atoms with van der Waals surface area (Å²) in [6.07, 6.45) is 7.89. The number of amides is 1. The van der Waals surface area contributed by atoms with Crippen LogP contribution in [0.5, 0.6) is 0 Å². The minimum Gasteiger partial charge on any atom is -0.399 e. The highest BCUT2D eigenvalue weighted by Gasteiger charge is 2.12. The molecule has 2 aromatic heterocycles. The molecule has 150 valence electrons. The minimum absolute atomic E-state index is 0.233. The molecule has 0 aliphatic carbocycles. The summed E-state index contributed by atoms with van der Waals surface area (Å²) in [5, 5.41) is 0. The zero-order chi connectivity index (χ0) is 20.5. The second-order valence-corrected chi connectivity index (χ2v) is 6.99. The van der Waals surface area contributed by atoms with E-state index in [1.807, 2.05) is 54.7 Å². The van der Waals surface area contributed by atoms with Gasteiger partial charge in [-0.1, -0.05) is 31.0 Å². The van der Waals surface area contributed by atoms with Gasteiger partial charge in [0.15, 0.2) is 0 Å². The van der Waals surface area contributed by atoms with Crippen molar-refractivity contribution in [2.24, 2.45) is 5.73 Å². The first-order chi connectivity index (χ1) is 14.1. The van der Waals surface area contributed by atoms with E-state index in [0.29, 0.717) is 6.42 Å². The van der Waals surface area contributed by atoms with Crippen LogP contribution in [-0.2, 0) is 4.79 Å². The number of nitrogen functional groups attached to an aromatic ring is 1. The van der Waals surface area contributed by atoms with Crippen molar-refractivity contribution in [1.82, 2.24) is 9.97 Å². The van der Waals surface area contributed by atoms with E-state index in [1.165, 1.54) is 0 Å². The number of carbonyl (C=O) groups excluding carboxylic acids is 1. The number of primary amides is 1. The summed E-state index contributed by atoms with van der Waals surface area (Å²) in [6.45, 7) is 0.797. The molecule has 2 heterocycles. The van der Waals surface area contributed by atoms with E-state index in [2.05, 4.69) is 20.9 Å². The number of nitrogens with two attached hydrogens (primary N) is 2. The lowest BCUT2D eigenvalue weighted by molar-refractivity contribution is -0.118. The molecule has 4 N–H and O–H groups in total. The second-order valence-electron chi connectivity index (χ2n) is 6.99. The third-order valence-corrected chi connectivity index (χ3v) is 4.75. The predicted molar refractivity (Wildman–Crippen MR) is 118 cm³/mol. The molecular weight excluding hydrogens is 362 g/mol. The Hall–Kier alpha value is -3.41. The van der Waals surface area contributed by atoms with Crippen molar-refractivity contribution in [2.75, 3.05) is 17.2 Å². The van der Waals surface area contributed by atoms with Gasteiger partial charge in [-0.05, 0) is 60.4 Å². The van der Waals surface area contributed by atoms with Gasteiger partial charge in [0, 0.05) is 31.0 Å². The van der Waals surface area contributed by atoms with E-state index in [9.17, 15) is 4.79 Å². The van der Waals surface area contributed by atoms with Gasteiger partial charge in [0.1, 0.15) is 11.6 Å². The molecule has 29 heavy (non-hydrogen) atoms. The van der Waals surface area contributed by atoms with E-state index in [-0.39, 0.29) is 5.91 Å². The highest BCUT2D eigenvalue weighted by molar-refractivity contribution is 5.73. The fraction of sp³-hybridized carbons (Fsp3) is 0.261. The molecule has 1 aromatic carbocycles. The minimum atomic E-state index is -0.233. The number of carbonyl (C=O) groups is 1. The van der Waals surface area contributed by atoms with Crippen LogP contribution in [0.3, 0.4) is 0 Å². The number of benzene rings is 1. The lowest BCUT2D eigenvalue weighted by Crippen LogP contribution is -2.20. The number of hydrogen-bond acceptors (Lipinski definition) is 5. The normalized spacial score (nSPS) is 10.6. The van der Waals surface area contributed by atoms with Gasteiger partial charge in [-0.25, -0.2) is 9.97 Å². The van der Waals surface area contributed by atoms with E-state index in [0.717, 1.165) is 60.7 Å². The summed E-state index contributed by atoms with van der Waals surface area (Å²) >= 11 is 0. The molecule has 0 spiro atoms. The highest BCUT2D eigenvalue weighted by Crippen LogP contribution is 2.27. The Morgan fingerprint density at radius 1 is 0.828 bits per heavy atom. The van der Waals surface area contributed by atoms with Crippen LogP contribution >= 0.6 is 0 Å². The third kappa shape index (κ3) is 6.04. The molecule has 6 nitrogen and oxygen atoms in total. The molecule has 0 aliphatic rings. The summed E-state index contributed by atoms with van der Waals surface area (Å²) in [6, 6.07) is 17.8. The number of nitrogens with zero attached hydrogens (tertiary/aromatic N) is 3. The van der Waals surface area contributed by atoms with Crippen molar-refractivity contribution in [2.45, 2.75) is 32.1 Å². The topological polar surface area (TPSA) is 98.1 Å². The van der Waals surface area contributed by atoms with Gasteiger partial charge in [-0.2, -0.15) is 0 Å². The van der Waals surface area contributed by atoms with Crippen LogP contribution in [0, 0.1) is 0 Å². The average molecular weight is 390 g/mol. The maximum Gasteiger partial charge on any atom is 0.217 e. The van der Waals surface area contributed by atoms with Gasteiger partial charge in [-0.15, -0.1) is 0 Å². The molecule has 0 unspecified atom stereocenters. The summed E-state index contributed by atoms with van der Waals surface area (Å²) in [5.41, 5.74) is 13.9. The largest absolute Gasteiger partial charge is 0.399 e. The van der Waals surface area contributed by atoms with Gasteiger partial charge >= 0.3 is 0 Å². The summed E-state index contributed by atoms with van der Waals surface area (Å²) in [5.74, 6) is 1.49. The Balaban J connectivity index is 1.75. The molecule has 0 atom stereocenters. The molecule has 6 heteroatoms. The number of aromatic nitrogens is 2. The molecule has 0 fully saturated rings. The Morgan fingerprint density at radius 3 is 2.31 bits per heavy atom. The standard InChI is InChI=1S/C23H27N5O/c24-20-11-9-18(10-12-20)19-13-15-27-23(17-19)28(22-8-4-5-14-26-22)16-6-2-1-3-7-21(25)29/h4-5,8-15,17H,1-3,6-7,16,24H2,(H2,25,29). The first kappa shape index (κ1) is 20.3. The van der Waals surface area contributed by atoms with Crippen LogP contribution in [0.2, 0.25) is 0 Å². The molecule has 0 aliphatic heterocycles. The first-order valence-electron chi connectivity index (χ1n) is 9.92. The highest BCUT2D eigenvalue weighted by atomic mass is 16.1. The number of pyridine rings is 2. The fourth-order valence-electron chi connectivity index (χ4n) is 3.20. The van der Waals surface area contributed by atoms with Gasteiger partial charge < -0.3 is 16.4 Å². The van der Waals surface area contributed by atoms with Crippen LogP contribution in [0.25, 0.3) is 11.1 Å². The predicted octanol–water partition coefficient (Wildman–Crippen LogP) is 4.30. The smallest absolute Gasteiger partial charge is 0.217 e. The van der Waals surface area contributed by atoms with Crippen molar-refractivity contribution in [1.29, 1.82) is 0 Å². The van der Waals surface area contributed by atoms with Crippen molar-refractivity contribution in [3.05, 3.63) is 67.0 Å². The van der Waals surface area contributed by atoms with Crippen LogP contribution in [0.15, 0.2) is 67.0 Å². The van der Waals surface area contributed by atoms with E-state index in [1.54, 1.807) is 6.20 Å². The summed E-state index contributed by atoms with van der Waals surface area (Å²) < 4.78 is 0. The number of anilines is 3. The van der Waals surface area contributed by atoms with Gasteiger partial charge in [0.25, 0.3) is 0 Å². The van der Waals surface area contributed by atoms with Crippen LogP contribution in [-0.4, -0.2) is 22.4 Å². The zero-order valence-corrected chi connectivity index (χ0v) is 16.5. The van der Waals surface area contributed by atoms with Crippen molar-refractivity contribution < 1.29 is 4.79 Å². The number of unbranched alkanes of at least 4 members (excludes halogenated alkanes) is 3. The Kier molecular flexibility index (Phi) is 7.16. The van der Waals surface area contributed by atoms with Crippen molar-refractivity contribution >= 4 is 23.2 Å². The third-order valence-electron chi connectivity index (χ3n) is 4.75. The molecule has 0 saturated carbocycles. The first-order valence-corrected chi connectivity index (χ1v) is 9.92. The molecule has 3 rings (SSSR count). The summed E-state index contributed by atoms with van der Waals surface area (Å²) in [4.78, 5) is 22.1. The Bertz CT molecular complexity index is 912. The molecule has 0 bridgehead atoms. The van der Waals surface area contributed by atoms with E-state index < -0.39 is 0 Å². The quantitative estimate of drug-likeness (QED) is 0.398. The zero-order valence-electron chi connectivity index (χ0n) is 16.5. The average Bonchev–Trinajstić information content (AvgIpc) is 2.74. The summed E-state index contributed by atoms with van der Waals surface area (Å²) in [7, 11) is 0. The van der Waals surface area contributed by atoms with Crippen LogP contribution < -0.4 is 16.4 Å². The van der Waals surface area contributed by atoms with E-state index >= 15 is 0 Å². The Morgan fingerprint density at radius 2 is 1.59 bits per heavy atom. The van der Waals surface area contributed by atoms with Crippen molar-refractivity contribution in [3.63, 3.8) is 0 Å². The maximum atomic E-state index is 10.9. The number of rotatable bonds is 10.